The minimum Gasteiger partial charge on any atom is -0.491 e. The summed E-state index contributed by atoms with van der Waals surface area (Å²) in [5, 5.41) is 11.6. The molecule has 2 N–H and O–H groups in total. The summed E-state index contributed by atoms with van der Waals surface area (Å²) in [6.45, 7) is 7.75. The molecular formula is C16H23NO4. The van der Waals surface area contributed by atoms with Gasteiger partial charge in [0.2, 0.25) is 0 Å². The Morgan fingerprint density at radius 2 is 1.90 bits per heavy atom. The highest BCUT2D eigenvalue weighted by Crippen LogP contribution is 2.14. The van der Waals surface area contributed by atoms with Crippen LogP contribution in [0.1, 0.15) is 19.4 Å². The second-order valence-electron chi connectivity index (χ2n) is 4.77. The van der Waals surface area contributed by atoms with Crippen molar-refractivity contribution in [2.45, 2.75) is 20.0 Å². The van der Waals surface area contributed by atoms with Crippen LogP contribution in [0.4, 0.5) is 0 Å². The molecule has 0 aromatic heterocycles. The molecule has 5 heteroatoms. The van der Waals surface area contributed by atoms with Gasteiger partial charge in [0.05, 0.1) is 19.3 Å². The highest BCUT2D eigenvalue weighted by Gasteiger charge is 1.96. The van der Waals surface area contributed by atoms with E-state index in [-0.39, 0.29) is 6.10 Å². The molecule has 1 fully saturated rings. The number of carbonyl (C=O) groups is 1. The molecule has 1 aliphatic heterocycles. The Labute approximate surface area is 125 Å². The molecule has 1 aliphatic rings. The summed E-state index contributed by atoms with van der Waals surface area (Å²) in [5.41, 5.74) is 0.841. The molecule has 1 aromatic rings. The number of aliphatic carboxylic acids is 1. The molecule has 1 saturated heterocycles. The summed E-state index contributed by atoms with van der Waals surface area (Å²) in [6.07, 6.45) is 2.80. The number of rotatable bonds is 4. The van der Waals surface area contributed by atoms with Crippen molar-refractivity contribution < 1.29 is 19.4 Å². The first-order valence-corrected chi connectivity index (χ1v) is 7.04. The average Bonchev–Trinajstić information content (AvgIpc) is 2.48. The third-order valence-electron chi connectivity index (χ3n) is 2.52. The van der Waals surface area contributed by atoms with Gasteiger partial charge in [-0.2, -0.15) is 0 Å². The average molecular weight is 293 g/mol. The molecule has 5 nitrogen and oxygen atoms in total. The molecule has 1 aromatic carbocycles. The van der Waals surface area contributed by atoms with Crippen LogP contribution in [0.25, 0.3) is 6.08 Å². The molecule has 1 heterocycles. The zero-order chi connectivity index (χ0) is 15.5. The van der Waals surface area contributed by atoms with Gasteiger partial charge in [0.15, 0.2) is 0 Å². The lowest BCUT2D eigenvalue weighted by atomic mass is 10.2. The first-order chi connectivity index (χ1) is 10.1. The molecule has 0 radical (unpaired) electrons. The Hall–Kier alpha value is -1.85. The quantitative estimate of drug-likeness (QED) is 0.833. The fourth-order valence-electron chi connectivity index (χ4n) is 1.61. The van der Waals surface area contributed by atoms with E-state index in [9.17, 15) is 4.79 Å². The van der Waals surface area contributed by atoms with Crippen LogP contribution in [0.2, 0.25) is 0 Å². The van der Waals surface area contributed by atoms with Gasteiger partial charge in [-0.1, -0.05) is 12.1 Å². The van der Waals surface area contributed by atoms with Crippen LogP contribution in [-0.2, 0) is 9.53 Å². The molecule has 0 bridgehead atoms. The molecule has 0 atom stereocenters. The maximum atomic E-state index is 10.3. The van der Waals surface area contributed by atoms with Crippen molar-refractivity contribution in [3.63, 3.8) is 0 Å². The third-order valence-corrected chi connectivity index (χ3v) is 2.52. The predicted molar refractivity (Wildman–Crippen MR) is 82.6 cm³/mol. The minimum absolute atomic E-state index is 0.144. The van der Waals surface area contributed by atoms with Gasteiger partial charge in [-0.25, -0.2) is 4.79 Å². The Kier molecular flexibility index (Phi) is 8.16. The largest absolute Gasteiger partial charge is 0.491 e. The molecule has 0 unspecified atom stereocenters. The van der Waals surface area contributed by atoms with Gasteiger partial charge < -0.3 is 19.9 Å². The van der Waals surface area contributed by atoms with Gasteiger partial charge in [0, 0.05) is 19.2 Å². The van der Waals surface area contributed by atoms with E-state index in [2.05, 4.69) is 5.32 Å². The smallest absolute Gasteiger partial charge is 0.328 e. The van der Waals surface area contributed by atoms with E-state index >= 15 is 0 Å². The van der Waals surface area contributed by atoms with Gasteiger partial charge in [-0.15, -0.1) is 0 Å². The van der Waals surface area contributed by atoms with Crippen LogP contribution in [0.5, 0.6) is 5.75 Å². The van der Waals surface area contributed by atoms with Crippen LogP contribution < -0.4 is 10.1 Å². The van der Waals surface area contributed by atoms with Crippen molar-refractivity contribution in [3.8, 4) is 5.75 Å². The Balaban J connectivity index is 0.000000304. The summed E-state index contributed by atoms with van der Waals surface area (Å²) in [6, 6.07) is 7.28. The van der Waals surface area contributed by atoms with Gasteiger partial charge in [0.1, 0.15) is 5.75 Å². The first kappa shape index (κ1) is 17.2. The lowest BCUT2D eigenvalue weighted by Gasteiger charge is -2.10. The minimum atomic E-state index is -0.947. The topological polar surface area (TPSA) is 67.8 Å². The maximum Gasteiger partial charge on any atom is 0.328 e. The van der Waals surface area contributed by atoms with Crippen molar-refractivity contribution in [1.29, 1.82) is 0 Å². The highest BCUT2D eigenvalue weighted by atomic mass is 16.5. The van der Waals surface area contributed by atoms with Gasteiger partial charge in [0.25, 0.3) is 0 Å². The van der Waals surface area contributed by atoms with Crippen molar-refractivity contribution in [3.05, 3.63) is 35.9 Å². The number of carboxylic acids is 1. The zero-order valence-corrected chi connectivity index (χ0v) is 12.5. The number of benzene rings is 1. The molecule has 0 spiro atoms. The van der Waals surface area contributed by atoms with E-state index < -0.39 is 5.97 Å². The second-order valence-corrected chi connectivity index (χ2v) is 4.77. The summed E-state index contributed by atoms with van der Waals surface area (Å²) >= 11 is 0. The van der Waals surface area contributed by atoms with Crippen molar-refractivity contribution in [2.75, 3.05) is 26.3 Å². The first-order valence-electron chi connectivity index (χ1n) is 7.04. The fraction of sp³-hybridized carbons (Fsp3) is 0.438. The van der Waals surface area contributed by atoms with E-state index in [1.807, 2.05) is 38.1 Å². The summed E-state index contributed by atoms with van der Waals surface area (Å²) in [7, 11) is 0. The Morgan fingerprint density at radius 3 is 2.29 bits per heavy atom. The predicted octanol–water partition coefficient (Wildman–Crippen LogP) is 2.18. The third kappa shape index (κ3) is 8.83. The molecular weight excluding hydrogens is 270 g/mol. The molecule has 0 aliphatic carbocycles. The highest BCUT2D eigenvalue weighted by molar-refractivity contribution is 5.85. The zero-order valence-electron chi connectivity index (χ0n) is 12.5. The van der Waals surface area contributed by atoms with Gasteiger partial charge in [-0.3, -0.25) is 0 Å². The summed E-state index contributed by atoms with van der Waals surface area (Å²) in [5.74, 6) is -0.157. The second kappa shape index (κ2) is 9.96. The van der Waals surface area contributed by atoms with Crippen molar-refractivity contribution in [2.24, 2.45) is 0 Å². The molecule has 2 rings (SSSR count). The van der Waals surface area contributed by atoms with Crippen molar-refractivity contribution >= 4 is 12.0 Å². The van der Waals surface area contributed by atoms with E-state index in [1.54, 1.807) is 6.08 Å². The van der Waals surface area contributed by atoms with Crippen LogP contribution in [0.3, 0.4) is 0 Å². The lowest BCUT2D eigenvalue weighted by Crippen LogP contribution is -2.30. The number of nitrogens with one attached hydrogen (secondary N) is 1. The number of hydrogen-bond donors (Lipinski definition) is 2. The van der Waals surface area contributed by atoms with Crippen LogP contribution in [-0.4, -0.2) is 43.5 Å². The van der Waals surface area contributed by atoms with Crippen LogP contribution in [0, 0.1) is 0 Å². The molecule has 0 saturated carbocycles. The van der Waals surface area contributed by atoms with E-state index in [0.717, 1.165) is 43.7 Å². The Bertz CT molecular complexity index is 425. The number of carboxylic acid groups (broad SMARTS) is 1. The van der Waals surface area contributed by atoms with Crippen LogP contribution in [0.15, 0.2) is 30.3 Å². The lowest BCUT2D eigenvalue weighted by molar-refractivity contribution is -0.131. The molecule has 116 valence electrons. The maximum absolute atomic E-state index is 10.3. The van der Waals surface area contributed by atoms with Crippen LogP contribution >= 0.6 is 0 Å². The molecule has 0 amide bonds. The van der Waals surface area contributed by atoms with E-state index in [4.69, 9.17) is 14.6 Å². The summed E-state index contributed by atoms with van der Waals surface area (Å²) in [4.78, 5) is 10.3. The van der Waals surface area contributed by atoms with E-state index in [0.29, 0.717) is 0 Å². The monoisotopic (exact) mass is 293 g/mol. The number of hydrogen-bond acceptors (Lipinski definition) is 4. The normalized spacial score (nSPS) is 14.6. The fourth-order valence-corrected chi connectivity index (χ4v) is 1.61. The van der Waals surface area contributed by atoms with Gasteiger partial charge >= 0.3 is 5.97 Å². The summed E-state index contributed by atoms with van der Waals surface area (Å²) < 4.78 is 10.5. The Morgan fingerprint density at radius 1 is 1.29 bits per heavy atom. The van der Waals surface area contributed by atoms with Gasteiger partial charge in [-0.05, 0) is 37.6 Å². The standard InChI is InChI=1S/C12H14O3.C4H9NO/c1-9(2)15-11-6-3-10(4-7-11)5-8-12(13)14;1-3-6-4-2-5-1/h3-9H,1-2H3,(H,13,14);5H,1-4H2. The van der Waals surface area contributed by atoms with E-state index in [1.165, 1.54) is 0 Å². The number of morpholine rings is 1. The SMILES string of the molecule is C1COCCN1.CC(C)Oc1ccc(C=CC(=O)O)cc1. The van der Waals surface area contributed by atoms with Crippen molar-refractivity contribution in [1.82, 2.24) is 5.32 Å². The number of ether oxygens (including phenoxy) is 2. The molecule has 21 heavy (non-hydrogen) atoms.